The normalized spacial score (nSPS) is 10.7. The molecule has 2 aromatic heterocycles. The van der Waals surface area contributed by atoms with E-state index in [-0.39, 0.29) is 5.56 Å². The number of hydrogen-bond donors (Lipinski definition) is 1. The van der Waals surface area contributed by atoms with Crippen molar-refractivity contribution < 1.29 is 9.90 Å². The van der Waals surface area contributed by atoms with Crippen LogP contribution >= 0.6 is 22.9 Å². The van der Waals surface area contributed by atoms with Crippen LogP contribution in [0.15, 0.2) is 17.6 Å². The summed E-state index contributed by atoms with van der Waals surface area (Å²) in [7, 11) is 0. The molecule has 0 aromatic carbocycles. The summed E-state index contributed by atoms with van der Waals surface area (Å²) < 4.78 is 2.28. The number of rotatable bonds is 4. The zero-order valence-corrected chi connectivity index (χ0v) is 10.8. The van der Waals surface area contributed by atoms with Crippen molar-refractivity contribution in [2.45, 2.75) is 19.9 Å². The highest BCUT2D eigenvalue weighted by Crippen LogP contribution is 2.30. The van der Waals surface area contributed by atoms with Gasteiger partial charge in [-0.15, -0.1) is 11.3 Å². The van der Waals surface area contributed by atoms with Gasteiger partial charge < -0.3 is 5.11 Å². The lowest BCUT2D eigenvalue weighted by Crippen LogP contribution is -1.97. The number of aromatic carboxylic acids is 1. The molecular weight excluding hydrogens is 260 g/mol. The van der Waals surface area contributed by atoms with Gasteiger partial charge in [-0.25, -0.2) is 4.79 Å². The summed E-state index contributed by atoms with van der Waals surface area (Å²) in [6, 6.07) is 1.73. The van der Waals surface area contributed by atoms with E-state index in [2.05, 4.69) is 5.10 Å². The van der Waals surface area contributed by atoms with Gasteiger partial charge in [0.15, 0.2) is 0 Å². The van der Waals surface area contributed by atoms with Crippen LogP contribution in [0.25, 0.3) is 11.3 Å². The van der Waals surface area contributed by atoms with Crippen molar-refractivity contribution in [1.82, 2.24) is 9.78 Å². The molecule has 90 valence electrons. The lowest BCUT2D eigenvalue weighted by atomic mass is 10.1. The second-order valence-electron chi connectivity index (χ2n) is 3.60. The summed E-state index contributed by atoms with van der Waals surface area (Å²) in [5.74, 6) is -0.968. The van der Waals surface area contributed by atoms with Crippen LogP contribution < -0.4 is 0 Å². The molecule has 0 fully saturated rings. The van der Waals surface area contributed by atoms with Crippen LogP contribution in [0, 0.1) is 0 Å². The van der Waals surface area contributed by atoms with E-state index in [4.69, 9.17) is 16.7 Å². The molecule has 6 heteroatoms. The van der Waals surface area contributed by atoms with Gasteiger partial charge in [-0.3, -0.25) is 4.68 Å². The maximum atomic E-state index is 11.1. The van der Waals surface area contributed by atoms with Crippen molar-refractivity contribution in [3.8, 4) is 11.3 Å². The van der Waals surface area contributed by atoms with Gasteiger partial charge in [-0.2, -0.15) is 5.10 Å². The van der Waals surface area contributed by atoms with Crippen LogP contribution in [-0.4, -0.2) is 20.9 Å². The number of aryl methyl sites for hydroxylation is 1. The molecule has 0 atom stereocenters. The Bertz CT molecular complexity index is 547. The molecule has 0 unspecified atom stereocenters. The number of hydrogen-bond acceptors (Lipinski definition) is 3. The van der Waals surface area contributed by atoms with Gasteiger partial charge in [0, 0.05) is 23.7 Å². The van der Waals surface area contributed by atoms with Crippen molar-refractivity contribution >= 4 is 28.9 Å². The Morgan fingerprint density at radius 3 is 2.94 bits per heavy atom. The summed E-state index contributed by atoms with van der Waals surface area (Å²) >= 11 is 7.21. The van der Waals surface area contributed by atoms with Gasteiger partial charge >= 0.3 is 5.97 Å². The standard InChI is InChI=1S/C11H11ClN2O2S/c1-2-3-14-5-8(11(15)16)10(13-14)7-4-9(12)17-6-7/h4-6H,2-3H2,1H3,(H,15,16). The molecule has 2 aromatic rings. The highest BCUT2D eigenvalue weighted by molar-refractivity contribution is 7.14. The number of thiophene rings is 1. The molecule has 0 radical (unpaired) electrons. The first-order chi connectivity index (χ1) is 8.11. The molecule has 1 N–H and O–H groups in total. The molecule has 0 aliphatic heterocycles. The largest absolute Gasteiger partial charge is 0.478 e. The molecule has 2 rings (SSSR count). The molecular formula is C11H11ClN2O2S. The van der Waals surface area contributed by atoms with Crippen LogP contribution in [-0.2, 0) is 6.54 Å². The first-order valence-corrected chi connectivity index (χ1v) is 6.42. The second-order valence-corrected chi connectivity index (χ2v) is 5.14. The molecule has 0 aliphatic carbocycles. The minimum Gasteiger partial charge on any atom is -0.478 e. The number of halogens is 1. The fraction of sp³-hybridized carbons (Fsp3) is 0.273. The Morgan fingerprint density at radius 1 is 1.65 bits per heavy atom. The van der Waals surface area contributed by atoms with E-state index in [0.717, 1.165) is 12.0 Å². The third-order valence-electron chi connectivity index (χ3n) is 2.29. The van der Waals surface area contributed by atoms with Crippen LogP contribution in [0.4, 0.5) is 0 Å². The minimum atomic E-state index is -0.968. The van der Waals surface area contributed by atoms with E-state index < -0.39 is 5.97 Å². The summed E-state index contributed by atoms with van der Waals surface area (Å²) in [4.78, 5) is 11.1. The summed E-state index contributed by atoms with van der Waals surface area (Å²) in [6.07, 6.45) is 2.47. The zero-order valence-electron chi connectivity index (χ0n) is 9.18. The number of carboxylic acids is 1. The third kappa shape index (κ3) is 2.50. The van der Waals surface area contributed by atoms with Gasteiger partial charge in [0.25, 0.3) is 0 Å². The molecule has 0 saturated carbocycles. The smallest absolute Gasteiger partial charge is 0.339 e. The number of aromatic nitrogens is 2. The van der Waals surface area contributed by atoms with E-state index in [9.17, 15) is 4.79 Å². The molecule has 0 saturated heterocycles. The van der Waals surface area contributed by atoms with Crippen molar-refractivity contribution in [2.75, 3.05) is 0 Å². The summed E-state index contributed by atoms with van der Waals surface area (Å²) in [6.45, 7) is 2.72. The average molecular weight is 271 g/mol. The Balaban J connectivity index is 2.47. The fourth-order valence-electron chi connectivity index (χ4n) is 1.57. The predicted molar refractivity (Wildman–Crippen MR) is 67.8 cm³/mol. The van der Waals surface area contributed by atoms with Gasteiger partial charge in [0.1, 0.15) is 11.3 Å². The summed E-state index contributed by atoms with van der Waals surface area (Å²) in [5.41, 5.74) is 1.45. The fourth-order valence-corrected chi connectivity index (χ4v) is 2.43. The molecule has 4 nitrogen and oxygen atoms in total. The van der Waals surface area contributed by atoms with Crippen LogP contribution in [0.2, 0.25) is 4.34 Å². The summed E-state index contributed by atoms with van der Waals surface area (Å²) in [5, 5.41) is 15.2. The van der Waals surface area contributed by atoms with Gasteiger partial charge in [0.2, 0.25) is 0 Å². The number of carboxylic acid groups (broad SMARTS) is 1. The quantitative estimate of drug-likeness (QED) is 0.927. The topological polar surface area (TPSA) is 55.1 Å². The van der Waals surface area contributed by atoms with Gasteiger partial charge in [-0.05, 0) is 12.5 Å². The van der Waals surface area contributed by atoms with Crippen molar-refractivity contribution in [2.24, 2.45) is 0 Å². The Morgan fingerprint density at radius 2 is 2.41 bits per heavy atom. The molecule has 2 heterocycles. The highest BCUT2D eigenvalue weighted by atomic mass is 35.5. The van der Waals surface area contributed by atoms with Gasteiger partial charge in [-0.1, -0.05) is 18.5 Å². The molecule has 0 spiro atoms. The lowest BCUT2D eigenvalue weighted by Gasteiger charge is -1.95. The van der Waals surface area contributed by atoms with Gasteiger partial charge in [0.05, 0.1) is 4.34 Å². The van der Waals surface area contributed by atoms with Crippen LogP contribution in [0.1, 0.15) is 23.7 Å². The Hall–Kier alpha value is -1.33. The molecule has 17 heavy (non-hydrogen) atoms. The SMILES string of the molecule is CCCn1cc(C(=O)O)c(-c2csc(Cl)c2)n1. The van der Waals surface area contributed by atoms with Crippen LogP contribution in [0.5, 0.6) is 0 Å². The molecule has 0 amide bonds. The minimum absolute atomic E-state index is 0.216. The second kappa shape index (κ2) is 4.89. The maximum absolute atomic E-state index is 11.1. The van der Waals surface area contributed by atoms with Crippen molar-refractivity contribution in [3.05, 3.63) is 27.5 Å². The van der Waals surface area contributed by atoms with E-state index >= 15 is 0 Å². The highest BCUT2D eigenvalue weighted by Gasteiger charge is 2.17. The predicted octanol–water partition coefficient (Wildman–Crippen LogP) is 3.37. The maximum Gasteiger partial charge on any atom is 0.339 e. The van der Waals surface area contributed by atoms with E-state index in [1.807, 2.05) is 12.3 Å². The number of carbonyl (C=O) groups is 1. The molecule has 0 aliphatic rings. The Labute approximate surface area is 107 Å². The van der Waals surface area contributed by atoms with Crippen molar-refractivity contribution in [1.29, 1.82) is 0 Å². The van der Waals surface area contributed by atoms with Crippen molar-refractivity contribution in [3.63, 3.8) is 0 Å². The zero-order chi connectivity index (χ0) is 12.4. The third-order valence-corrected chi connectivity index (χ3v) is 3.38. The average Bonchev–Trinajstić information content (AvgIpc) is 2.84. The van der Waals surface area contributed by atoms with E-state index in [0.29, 0.717) is 16.6 Å². The Kier molecular flexibility index (Phi) is 3.49. The molecule has 0 bridgehead atoms. The first kappa shape index (κ1) is 12.1. The van der Waals surface area contributed by atoms with Crippen LogP contribution in [0.3, 0.4) is 0 Å². The first-order valence-electron chi connectivity index (χ1n) is 5.17. The monoisotopic (exact) mass is 270 g/mol. The van der Waals surface area contributed by atoms with E-state index in [1.165, 1.54) is 11.3 Å². The van der Waals surface area contributed by atoms with E-state index in [1.54, 1.807) is 16.9 Å². The number of nitrogens with zero attached hydrogens (tertiary/aromatic N) is 2. The lowest BCUT2D eigenvalue weighted by molar-refractivity contribution is 0.0697.